The zero-order valence-electron chi connectivity index (χ0n) is 12.5. The van der Waals surface area contributed by atoms with Gasteiger partial charge in [0.25, 0.3) is 0 Å². The first-order chi connectivity index (χ1) is 9.47. The number of nitrogens with zero attached hydrogens (tertiary/aromatic N) is 2. The molecule has 0 amide bonds. The van der Waals surface area contributed by atoms with E-state index in [1.54, 1.807) is 6.92 Å². The van der Waals surface area contributed by atoms with Crippen molar-refractivity contribution in [2.75, 3.05) is 27.2 Å². The average molecular weight is 276 g/mol. The quantitative estimate of drug-likeness (QED) is 0.893. The van der Waals surface area contributed by atoms with Crippen LogP contribution in [0, 0.1) is 0 Å². The third kappa shape index (κ3) is 3.58. The standard InChI is InChI=1S/C16H24N2O2/c1-12(16(19)20)14-6-4-13(5-7-14)10-18-9-8-15(11-18)17(2)3/h4-7,12,15H,8-11H2,1-3H3,(H,19,20). The minimum atomic E-state index is -0.772. The normalized spacial score (nSPS) is 21.3. The molecule has 1 fully saturated rings. The number of hydrogen-bond donors (Lipinski definition) is 1. The minimum Gasteiger partial charge on any atom is -0.481 e. The topological polar surface area (TPSA) is 43.8 Å². The Morgan fingerprint density at radius 3 is 2.55 bits per heavy atom. The van der Waals surface area contributed by atoms with Gasteiger partial charge in [0.2, 0.25) is 0 Å². The van der Waals surface area contributed by atoms with E-state index >= 15 is 0 Å². The fraction of sp³-hybridized carbons (Fsp3) is 0.562. The summed E-state index contributed by atoms with van der Waals surface area (Å²) in [5.74, 6) is -1.21. The number of likely N-dealkylation sites (tertiary alicyclic amines) is 1. The molecule has 1 heterocycles. The van der Waals surface area contributed by atoms with Crippen molar-refractivity contribution in [3.05, 3.63) is 35.4 Å². The highest BCUT2D eigenvalue weighted by molar-refractivity contribution is 5.75. The molecule has 1 aliphatic rings. The number of likely N-dealkylation sites (N-methyl/N-ethyl adjacent to an activating group) is 1. The summed E-state index contributed by atoms with van der Waals surface area (Å²) < 4.78 is 0. The molecular formula is C16H24N2O2. The Balaban J connectivity index is 1.93. The maximum atomic E-state index is 11.0. The predicted octanol–water partition coefficient (Wildman–Crippen LogP) is 2.01. The molecule has 4 heteroatoms. The van der Waals surface area contributed by atoms with Gasteiger partial charge in [-0.2, -0.15) is 0 Å². The number of hydrogen-bond acceptors (Lipinski definition) is 3. The van der Waals surface area contributed by atoms with Crippen LogP contribution in [0.1, 0.15) is 30.4 Å². The molecule has 2 rings (SSSR count). The van der Waals surface area contributed by atoms with Gasteiger partial charge in [0.05, 0.1) is 5.92 Å². The highest BCUT2D eigenvalue weighted by atomic mass is 16.4. The summed E-state index contributed by atoms with van der Waals surface area (Å²) in [6.45, 7) is 4.92. The van der Waals surface area contributed by atoms with Gasteiger partial charge < -0.3 is 10.0 Å². The van der Waals surface area contributed by atoms with Crippen LogP contribution in [-0.2, 0) is 11.3 Å². The van der Waals surface area contributed by atoms with E-state index in [9.17, 15) is 4.79 Å². The van der Waals surface area contributed by atoms with Gasteiger partial charge in [-0.1, -0.05) is 24.3 Å². The first-order valence-electron chi connectivity index (χ1n) is 7.18. The Labute approximate surface area is 121 Å². The van der Waals surface area contributed by atoms with Crippen molar-refractivity contribution >= 4 is 5.97 Å². The molecule has 1 saturated heterocycles. The van der Waals surface area contributed by atoms with Crippen LogP contribution in [0.3, 0.4) is 0 Å². The molecule has 0 aromatic heterocycles. The van der Waals surface area contributed by atoms with Crippen LogP contribution in [-0.4, -0.2) is 54.1 Å². The molecule has 0 saturated carbocycles. The summed E-state index contributed by atoms with van der Waals surface area (Å²) in [4.78, 5) is 15.7. The molecule has 0 bridgehead atoms. The highest BCUT2D eigenvalue weighted by Gasteiger charge is 2.23. The van der Waals surface area contributed by atoms with Gasteiger partial charge in [0, 0.05) is 25.7 Å². The summed E-state index contributed by atoms with van der Waals surface area (Å²) in [6, 6.07) is 8.64. The van der Waals surface area contributed by atoms with E-state index < -0.39 is 11.9 Å². The number of carbonyl (C=O) groups is 1. The Morgan fingerprint density at radius 1 is 1.40 bits per heavy atom. The van der Waals surface area contributed by atoms with Crippen molar-refractivity contribution in [1.82, 2.24) is 9.80 Å². The van der Waals surface area contributed by atoms with Gasteiger partial charge in [-0.15, -0.1) is 0 Å². The van der Waals surface area contributed by atoms with Crippen LogP contribution < -0.4 is 0 Å². The number of benzene rings is 1. The minimum absolute atomic E-state index is 0.436. The first kappa shape index (κ1) is 15.0. The monoisotopic (exact) mass is 276 g/mol. The van der Waals surface area contributed by atoms with Gasteiger partial charge in [0.15, 0.2) is 0 Å². The zero-order chi connectivity index (χ0) is 14.7. The van der Waals surface area contributed by atoms with Gasteiger partial charge >= 0.3 is 5.97 Å². The maximum absolute atomic E-state index is 11.0. The molecule has 110 valence electrons. The second-order valence-corrected chi connectivity index (χ2v) is 5.94. The fourth-order valence-electron chi connectivity index (χ4n) is 2.69. The smallest absolute Gasteiger partial charge is 0.310 e. The molecule has 0 aliphatic carbocycles. The molecule has 1 aromatic carbocycles. The van der Waals surface area contributed by atoms with Crippen LogP contribution >= 0.6 is 0 Å². The van der Waals surface area contributed by atoms with Gasteiger partial charge in [-0.05, 0) is 38.6 Å². The van der Waals surface area contributed by atoms with E-state index in [4.69, 9.17) is 5.11 Å². The lowest BCUT2D eigenvalue weighted by atomic mass is 10.00. The number of carboxylic acids is 1. The van der Waals surface area contributed by atoms with Crippen LogP contribution in [0.5, 0.6) is 0 Å². The Hall–Kier alpha value is -1.39. The van der Waals surface area contributed by atoms with Gasteiger partial charge in [0.1, 0.15) is 0 Å². The molecule has 1 N–H and O–H groups in total. The van der Waals surface area contributed by atoms with Crippen LogP contribution in [0.4, 0.5) is 0 Å². The van der Waals surface area contributed by atoms with Crippen molar-refractivity contribution in [1.29, 1.82) is 0 Å². The fourth-order valence-corrected chi connectivity index (χ4v) is 2.69. The van der Waals surface area contributed by atoms with E-state index in [0.717, 1.165) is 25.2 Å². The zero-order valence-corrected chi connectivity index (χ0v) is 12.5. The van der Waals surface area contributed by atoms with E-state index in [2.05, 4.69) is 36.0 Å². The largest absolute Gasteiger partial charge is 0.481 e. The van der Waals surface area contributed by atoms with Crippen LogP contribution in [0.2, 0.25) is 0 Å². The molecule has 0 spiro atoms. The van der Waals surface area contributed by atoms with Crippen molar-refractivity contribution in [2.45, 2.75) is 31.8 Å². The number of carboxylic acid groups (broad SMARTS) is 1. The lowest BCUT2D eigenvalue weighted by molar-refractivity contribution is -0.138. The van der Waals surface area contributed by atoms with Crippen molar-refractivity contribution in [2.24, 2.45) is 0 Å². The summed E-state index contributed by atoms with van der Waals surface area (Å²) in [7, 11) is 4.27. The molecule has 20 heavy (non-hydrogen) atoms. The highest BCUT2D eigenvalue weighted by Crippen LogP contribution is 2.19. The van der Waals surface area contributed by atoms with E-state index in [1.165, 1.54) is 12.0 Å². The Kier molecular flexibility index (Phi) is 4.78. The SMILES string of the molecule is CC(C(=O)O)c1ccc(CN2CCC(N(C)C)C2)cc1. The molecule has 2 atom stereocenters. The molecule has 1 aromatic rings. The van der Waals surface area contributed by atoms with E-state index in [1.807, 2.05) is 12.1 Å². The molecule has 1 aliphatic heterocycles. The summed E-state index contributed by atoms with van der Waals surface area (Å²) in [5.41, 5.74) is 2.12. The number of aliphatic carboxylic acids is 1. The summed E-state index contributed by atoms with van der Waals surface area (Å²) >= 11 is 0. The number of rotatable bonds is 5. The summed E-state index contributed by atoms with van der Waals surface area (Å²) in [6.07, 6.45) is 1.22. The van der Waals surface area contributed by atoms with Crippen molar-refractivity contribution < 1.29 is 9.90 Å². The third-order valence-electron chi connectivity index (χ3n) is 4.23. The van der Waals surface area contributed by atoms with Crippen molar-refractivity contribution in [3.8, 4) is 0 Å². The molecule has 0 radical (unpaired) electrons. The summed E-state index contributed by atoms with van der Waals surface area (Å²) in [5, 5.41) is 9.00. The molecular weight excluding hydrogens is 252 g/mol. The maximum Gasteiger partial charge on any atom is 0.310 e. The predicted molar refractivity (Wildman–Crippen MR) is 79.9 cm³/mol. The lowest BCUT2D eigenvalue weighted by Gasteiger charge is -2.20. The third-order valence-corrected chi connectivity index (χ3v) is 4.23. The second kappa shape index (κ2) is 6.37. The first-order valence-corrected chi connectivity index (χ1v) is 7.18. The Morgan fingerprint density at radius 2 is 2.05 bits per heavy atom. The van der Waals surface area contributed by atoms with Gasteiger partial charge in [-0.3, -0.25) is 9.69 Å². The average Bonchev–Trinajstić information content (AvgIpc) is 2.87. The Bertz CT molecular complexity index is 456. The molecule has 4 nitrogen and oxygen atoms in total. The molecule has 2 unspecified atom stereocenters. The van der Waals surface area contributed by atoms with E-state index in [0.29, 0.717) is 6.04 Å². The van der Waals surface area contributed by atoms with E-state index in [-0.39, 0.29) is 0 Å². The van der Waals surface area contributed by atoms with Crippen LogP contribution in [0.15, 0.2) is 24.3 Å². The lowest BCUT2D eigenvalue weighted by Crippen LogP contribution is -2.31. The van der Waals surface area contributed by atoms with Crippen LogP contribution in [0.25, 0.3) is 0 Å². The van der Waals surface area contributed by atoms with Gasteiger partial charge in [-0.25, -0.2) is 0 Å². The van der Waals surface area contributed by atoms with Crippen molar-refractivity contribution in [3.63, 3.8) is 0 Å². The second-order valence-electron chi connectivity index (χ2n) is 5.94.